The molecule has 0 radical (unpaired) electrons. The highest BCUT2D eigenvalue weighted by Crippen LogP contribution is 2.36. The van der Waals surface area contributed by atoms with Crippen LogP contribution in [0.3, 0.4) is 0 Å². The normalized spacial score (nSPS) is 19.6. The summed E-state index contributed by atoms with van der Waals surface area (Å²) in [5.74, 6) is 0. The van der Waals surface area contributed by atoms with Crippen molar-refractivity contribution < 1.29 is 0 Å². The second kappa shape index (κ2) is 5.24. The molecule has 1 saturated heterocycles. The number of imidazole rings is 1. The first-order valence-corrected chi connectivity index (χ1v) is 8.19. The Morgan fingerprint density at radius 1 is 1.33 bits per heavy atom. The molecule has 1 atom stereocenters. The fourth-order valence-electron chi connectivity index (χ4n) is 3.19. The number of hydrogen-bond donors (Lipinski definition) is 0. The molecule has 4 heterocycles. The number of fused-ring (bicyclic) bond motifs is 1. The van der Waals surface area contributed by atoms with Crippen molar-refractivity contribution in [1.82, 2.24) is 19.3 Å². The smallest absolute Gasteiger partial charge is 0.155 e. The Labute approximate surface area is 128 Å². The van der Waals surface area contributed by atoms with Crippen molar-refractivity contribution in [1.29, 1.82) is 0 Å². The van der Waals surface area contributed by atoms with Crippen molar-refractivity contribution in [2.24, 2.45) is 0 Å². The highest BCUT2D eigenvalue weighted by molar-refractivity contribution is 7.12. The molecule has 1 aliphatic rings. The van der Waals surface area contributed by atoms with Crippen LogP contribution in [-0.2, 0) is 6.54 Å². The van der Waals surface area contributed by atoms with Crippen LogP contribution in [0.15, 0.2) is 36.9 Å². The lowest BCUT2D eigenvalue weighted by Crippen LogP contribution is -2.22. The molecule has 0 saturated carbocycles. The number of hydrogen-bond acceptors (Lipinski definition) is 4. The van der Waals surface area contributed by atoms with Gasteiger partial charge in [0.25, 0.3) is 0 Å². The maximum absolute atomic E-state index is 4.44. The third kappa shape index (κ3) is 2.36. The first kappa shape index (κ1) is 13.0. The quantitative estimate of drug-likeness (QED) is 0.742. The van der Waals surface area contributed by atoms with Gasteiger partial charge < -0.3 is 0 Å². The third-order valence-electron chi connectivity index (χ3n) is 4.21. The number of nitrogens with zero attached hydrogens (tertiary/aromatic N) is 4. The molecule has 5 heteroatoms. The summed E-state index contributed by atoms with van der Waals surface area (Å²) in [5, 5.41) is 0. The van der Waals surface area contributed by atoms with Gasteiger partial charge in [-0.1, -0.05) is 0 Å². The molecule has 0 spiro atoms. The van der Waals surface area contributed by atoms with Crippen LogP contribution in [0.4, 0.5) is 0 Å². The van der Waals surface area contributed by atoms with E-state index in [9.17, 15) is 0 Å². The van der Waals surface area contributed by atoms with E-state index >= 15 is 0 Å². The van der Waals surface area contributed by atoms with Gasteiger partial charge >= 0.3 is 0 Å². The summed E-state index contributed by atoms with van der Waals surface area (Å²) in [5.41, 5.74) is 2.17. The molecule has 1 fully saturated rings. The van der Waals surface area contributed by atoms with Crippen LogP contribution in [0.25, 0.3) is 5.65 Å². The van der Waals surface area contributed by atoms with Gasteiger partial charge in [0, 0.05) is 34.7 Å². The van der Waals surface area contributed by atoms with Crippen molar-refractivity contribution in [3.8, 4) is 0 Å². The number of likely N-dealkylation sites (tertiary alicyclic amines) is 1. The first-order valence-electron chi connectivity index (χ1n) is 7.37. The molecule has 0 aliphatic carbocycles. The van der Waals surface area contributed by atoms with Crippen molar-refractivity contribution in [3.63, 3.8) is 0 Å². The van der Waals surface area contributed by atoms with Gasteiger partial charge in [0.05, 0.1) is 18.1 Å². The van der Waals surface area contributed by atoms with E-state index in [1.54, 1.807) is 0 Å². The van der Waals surface area contributed by atoms with Gasteiger partial charge in [-0.3, -0.25) is 14.3 Å². The van der Waals surface area contributed by atoms with Gasteiger partial charge in [-0.25, -0.2) is 4.98 Å². The third-order valence-corrected chi connectivity index (χ3v) is 5.31. The Kier molecular flexibility index (Phi) is 3.24. The Balaban J connectivity index is 1.61. The second-order valence-electron chi connectivity index (χ2n) is 5.63. The summed E-state index contributed by atoms with van der Waals surface area (Å²) in [6.07, 6.45) is 10.2. The van der Waals surface area contributed by atoms with E-state index in [4.69, 9.17) is 0 Å². The average molecular weight is 298 g/mol. The number of thiophene rings is 1. The molecule has 4 nitrogen and oxygen atoms in total. The summed E-state index contributed by atoms with van der Waals surface area (Å²) >= 11 is 1.93. The summed E-state index contributed by atoms with van der Waals surface area (Å²) in [7, 11) is 0. The highest BCUT2D eigenvalue weighted by atomic mass is 32.1. The summed E-state index contributed by atoms with van der Waals surface area (Å²) in [6.45, 7) is 4.30. The molecule has 0 amide bonds. The Morgan fingerprint density at radius 3 is 3.14 bits per heavy atom. The summed E-state index contributed by atoms with van der Waals surface area (Å²) in [6, 6.07) is 5.09. The van der Waals surface area contributed by atoms with E-state index in [0.29, 0.717) is 6.04 Å². The minimum Gasteiger partial charge on any atom is -0.300 e. The zero-order valence-electron chi connectivity index (χ0n) is 12.1. The minimum atomic E-state index is 0.566. The Bertz CT molecular complexity index is 760. The topological polar surface area (TPSA) is 33.4 Å². The molecule has 0 N–H and O–H groups in total. The lowest BCUT2D eigenvalue weighted by molar-refractivity contribution is 0.248. The monoisotopic (exact) mass is 298 g/mol. The van der Waals surface area contributed by atoms with Crippen LogP contribution in [-0.4, -0.2) is 25.8 Å². The van der Waals surface area contributed by atoms with Gasteiger partial charge in [-0.15, -0.1) is 11.3 Å². The molecular weight excluding hydrogens is 280 g/mol. The molecule has 0 unspecified atom stereocenters. The Hall–Kier alpha value is -1.72. The average Bonchev–Trinajstić information content (AvgIpc) is 3.20. The van der Waals surface area contributed by atoms with Gasteiger partial charge in [0.15, 0.2) is 5.65 Å². The molecule has 21 heavy (non-hydrogen) atoms. The lowest BCUT2D eigenvalue weighted by Gasteiger charge is -2.23. The molecule has 3 aromatic rings. The minimum absolute atomic E-state index is 0.566. The summed E-state index contributed by atoms with van der Waals surface area (Å²) in [4.78, 5) is 14.0. The van der Waals surface area contributed by atoms with Crippen LogP contribution in [0, 0.1) is 6.92 Å². The highest BCUT2D eigenvalue weighted by Gasteiger charge is 2.27. The standard InChI is InChI=1S/C16H18N4S/c1-12-4-5-15(21-12)14-3-2-7-19(14)11-13-9-18-16-10-17-6-8-20(13)16/h4-6,8-10,14H,2-3,7,11H2,1H3/t14-/m1/s1. The molecule has 0 bridgehead atoms. The van der Waals surface area contributed by atoms with E-state index in [0.717, 1.165) is 12.2 Å². The van der Waals surface area contributed by atoms with Crippen molar-refractivity contribution >= 4 is 17.0 Å². The van der Waals surface area contributed by atoms with Crippen molar-refractivity contribution in [3.05, 3.63) is 52.4 Å². The van der Waals surface area contributed by atoms with Crippen LogP contribution in [0.5, 0.6) is 0 Å². The van der Waals surface area contributed by atoms with Crippen LogP contribution in [0.1, 0.15) is 34.3 Å². The predicted octanol–water partition coefficient (Wildman–Crippen LogP) is 3.44. The number of aromatic nitrogens is 3. The first-order chi connectivity index (χ1) is 10.3. The molecule has 4 rings (SSSR count). The van der Waals surface area contributed by atoms with E-state index in [-0.39, 0.29) is 0 Å². The number of rotatable bonds is 3. The fourth-order valence-corrected chi connectivity index (χ4v) is 4.24. The molecule has 1 aliphatic heterocycles. The zero-order chi connectivity index (χ0) is 14.2. The predicted molar refractivity (Wildman–Crippen MR) is 84.4 cm³/mol. The summed E-state index contributed by atoms with van der Waals surface area (Å²) < 4.78 is 2.14. The Morgan fingerprint density at radius 2 is 2.29 bits per heavy atom. The van der Waals surface area contributed by atoms with Gasteiger partial charge in [-0.2, -0.15) is 0 Å². The zero-order valence-corrected chi connectivity index (χ0v) is 12.9. The number of aryl methyl sites for hydroxylation is 1. The fraction of sp³-hybridized carbons (Fsp3) is 0.375. The van der Waals surface area contributed by atoms with Crippen molar-refractivity contribution in [2.75, 3.05) is 6.54 Å². The van der Waals surface area contributed by atoms with E-state index in [2.05, 4.69) is 38.3 Å². The van der Waals surface area contributed by atoms with Crippen molar-refractivity contribution in [2.45, 2.75) is 32.4 Å². The van der Waals surface area contributed by atoms with E-state index < -0.39 is 0 Å². The van der Waals surface area contributed by atoms with E-state index in [1.165, 1.54) is 34.8 Å². The molecule has 108 valence electrons. The maximum Gasteiger partial charge on any atom is 0.155 e. The van der Waals surface area contributed by atoms with Crippen LogP contribution in [0.2, 0.25) is 0 Å². The van der Waals surface area contributed by atoms with Gasteiger partial charge in [-0.05, 0) is 38.4 Å². The second-order valence-corrected chi connectivity index (χ2v) is 6.95. The molecule has 3 aromatic heterocycles. The molecular formula is C16H18N4S. The SMILES string of the molecule is Cc1ccc([C@H]2CCCN2Cc2cnc3cnccn23)s1. The maximum atomic E-state index is 4.44. The largest absolute Gasteiger partial charge is 0.300 e. The van der Waals surface area contributed by atoms with Gasteiger partial charge in [0.2, 0.25) is 0 Å². The van der Waals surface area contributed by atoms with E-state index in [1.807, 2.05) is 36.1 Å². The molecule has 0 aromatic carbocycles. The van der Waals surface area contributed by atoms with Gasteiger partial charge in [0.1, 0.15) is 0 Å². The lowest BCUT2D eigenvalue weighted by atomic mass is 10.2. The van der Waals surface area contributed by atoms with Crippen LogP contribution < -0.4 is 0 Å². The van der Waals surface area contributed by atoms with Crippen LogP contribution >= 0.6 is 11.3 Å².